The van der Waals surface area contributed by atoms with Crippen molar-refractivity contribution in [3.05, 3.63) is 23.8 Å². The molecule has 0 aromatic heterocycles. The highest BCUT2D eigenvalue weighted by Crippen LogP contribution is 2.23. The molecule has 0 heterocycles. The number of amides is 1. The van der Waals surface area contributed by atoms with Crippen LogP contribution in [0.15, 0.2) is 18.2 Å². The molecular formula is C14H22N2O2. The van der Waals surface area contributed by atoms with E-state index in [1.54, 1.807) is 0 Å². The zero-order chi connectivity index (χ0) is 13.8. The predicted molar refractivity (Wildman–Crippen MR) is 74.9 cm³/mol. The van der Waals surface area contributed by atoms with Gasteiger partial charge in [0.2, 0.25) is 5.91 Å². The maximum atomic E-state index is 11.0. The molecule has 1 rings (SSSR count). The first kappa shape index (κ1) is 14.5. The van der Waals surface area contributed by atoms with Crippen molar-refractivity contribution in [1.82, 2.24) is 0 Å². The van der Waals surface area contributed by atoms with E-state index < -0.39 is 0 Å². The van der Waals surface area contributed by atoms with Crippen LogP contribution in [0.3, 0.4) is 0 Å². The summed E-state index contributed by atoms with van der Waals surface area (Å²) in [5, 5.41) is 15.1. The fourth-order valence-electron chi connectivity index (χ4n) is 1.80. The molecule has 0 unspecified atom stereocenters. The van der Waals surface area contributed by atoms with Crippen LogP contribution in [0.5, 0.6) is 0 Å². The van der Waals surface area contributed by atoms with E-state index in [0.717, 1.165) is 16.9 Å². The smallest absolute Gasteiger partial charge is 0.221 e. The van der Waals surface area contributed by atoms with E-state index in [0.29, 0.717) is 6.42 Å². The molecule has 0 aliphatic rings. The fraction of sp³-hybridized carbons (Fsp3) is 0.500. The number of aryl methyl sites for hydroxylation is 1. The lowest BCUT2D eigenvalue weighted by Crippen LogP contribution is -2.31. The Bertz CT molecular complexity index is 428. The van der Waals surface area contributed by atoms with Gasteiger partial charge in [-0.05, 0) is 51.0 Å². The van der Waals surface area contributed by atoms with Gasteiger partial charge in [0.25, 0.3) is 0 Å². The first-order valence-electron chi connectivity index (χ1n) is 6.11. The van der Waals surface area contributed by atoms with Crippen molar-refractivity contribution in [1.29, 1.82) is 0 Å². The average molecular weight is 250 g/mol. The summed E-state index contributed by atoms with van der Waals surface area (Å²) in [6, 6.07) is 5.80. The third-order valence-electron chi connectivity index (χ3n) is 2.76. The largest absolute Gasteiger partial charge is 0.396 e. The second kappa shape index (κ2) is 5.87. The third-order valence-corrected chi connectivity index (χ3v) is 2.76. The van der Waals surface area contributed by atoms with E-state index in [9.17, 15) is 4.79 Å². The minimum atomic E-state index is -0.156. The van der Waals surface area contributed by atoms with Gasteiger partial charge in [0.15, 0.2) is 0 Å². The van der Waals surface area contributed by atoms with Crippen molar-refractivity contribution in [2.24, 2.45) is 0 Å². The molecule has 0 saturated carbocycles. The minimum Gasteiger partial charge on any atom is -0.396 e. The molecule has 0 fully saturated rings. The lowest BCUT2D eigenvalue weighted by atomic mass is 10.0. The Morgan fingerprint density at radius 2 is 2.06 bits per heavy atom. The summed E-state index contributed by atoms with van der Waals surface area (Å²) in [5.74, 6) is -0.0700. The molecule has 4 heteroatoms. The normalized spacial score (nSPS) is 11.2. The average Bonchev–Trinajstić information content (AvgIpc) is 2.20. The molecular weight excluding hydrogens is 228 g/mol. The Morgan fingerprint density at radius 3 is 2.56 bits per heavy atom. The summed E-state index contributed by atoms with van der Waals surface area (Å²) in [6.07, 6.45) is 0.680. The minimum absolute atomic E-state index is 0.0700. The molecule has 0 spiro atoms. The van der Waals surface area contributed by atoms with Gasteiger partial charge < -0.3 is 15.7 Å². The predicted octanol–water partition coefficient (Wildman–Crippen LogP) is 2.53. The Hall–Kier alpha value is -1.55. The van der Waals surface area contributed by atoms with Gasteiger partial charge in [-0.2, -0.15) is 0 Å². The molecule has 18 heavy (non-hydrogen) atoms. The van der Waals surface area contributed by atoms with Crippen LogP contribution in [-0.4, -0.2) is 23.2 Å². The highest BCUT2D eigenvalue weighted by atomic mass is 16.3. The number of aliphatic hydroxyl groups is 1. The van der Waals surface area contributed by atoms with Crippen LogP contribution >= 0.6 is 0 Å². The van der Waals surface area contributed by atoms with Crippen LogP contribution < -0.4 is 10.6 Å². The van der Waals surface area contributed by atoms with Gasteiger partial charge in [-0.25, -0.2) is 0 Å². The van der Waals surface area contributed by atoms with E-state index in [-0.39, 0.29) is 18.1 Å². The Labute approximate surface area is 108 Å². The van der Waals surface area contributed by atoms with Gasteiger partial charge in [0, 0.05) is 30.4 Å². The number of nitrogens with one attached hydrogen (secondary N) is 2. The van der Waals surface area contributed by atoms with Gasteiger partial charge in [-0.1, -0.05) is 0 Å². The Morgan fingerprint density at radius 1 is 1.39 bits per heavy atom. The van der Waals surface area contributed by atoms with Crippen LogP contribution in [0.1, 0.15) is 32.8 Å². The summed E-state index contributed by atoms with van der Waals surface area (Å²) >= 11 is 0. The molecule has 0 radical (unpaired) electrons. The van der Waals surface area contributed by atoms with Crippen molar-refractivity contribution in [3.8, 4) is 0 Å². The molecule has 0 aliphatic carbocycles. The fourth-order valence-corrected chi connectivity index (χ4v) is 1.80. The zero-order valence-corrected chi connectivity index (χ0v) is 11.5. The number of anilines is 2. The number of hydrogen-bond acceptors (Lipinski definition) is 3. The van der Waals surface area contributed by atoms with Crippen molar-refractivity contribution in [2.45, 2.75) is 39.7 Å². The van der Waals surface area contributed by atoms with Gasteiger partial charge >= 0.3 is 0 Å². The van der Waals surface area contributed by atoms with Gasteiger partial charge in [-0.3, -0.25) is 4.79 Å². The van der Waals surface area contributed by atoms with E-state index in [2.05, 4.69) is 10.6 Å². The van der Waals surface area contributed by atoms with Crippen LogP contribution in [0.2, 0.25) is 0 Å². The molecule has 1 aromatic rings. The zero-order valence-electron chi connectivity index (χ0n) is 11.5. The number of carbonyl (C=O) groups is 1. The molecule has 0 saturated heterocycles. The molecule has 1 amide bonds. The van der Waals surface area contributed by atoms with Gasteiger partial charge in [0.05, 0.1) is 0 Å². The van der Waals surface area contributed by atoms with Crippen LogP contribution in [-0.2, 0) is 4.79 Å². The van der Waals surface area contributed by atoms with Crippen molar-refractivity contribution >= 4 is 17.3 Å². The maximum absolute atomic E-state index is 11.0. The number of benzene rings is 1. The topological polar surface area (TPSA) is 61.4 Å². The molecule has 4 nitrogen and oxygen atoms in total. The molecule has 100 valence electrons. The standard InChI is InChI=1S/C14H22N2O2/c1-10-9-12(16-14(3,4)7-8-17)5-6-13(10)15-11(2)18/h5-6,9,16-17H,7-8H2,1-4H3,(H,15,18). The lowest BCUT2D eigenvalue weighted by molar-refractivity contribution is -0.114. The second-order valence-corrected chi connectivity index (χ2v) is 5.19. The van der Waals surface area contributed by atoms with E-state index in [1.807, 2.05) is 39.0 Å². The van der Waals surface area contributed by atoms with Crippen molar-refractivity contribution in [3.63, 3.8) is 0 Å². The number of aliphatic hydroxyl groups excluding tert-OH is 1. The summed E-state index contributed by atoms with van der Waals surface area (Å²) in [4.78, 5) is 11.0. The van der Waals surface area contributed by atoms with Crippen LogP contribution in [0.4, 0.5) is 11.4 Å². The summed E-state index contributed by atoms with van der Waals surface area (Å²) in [5.41, 5.74) is 2.67. The third kappa shape index (κ3) is 4.37. The summed E-state index contributed by atoms with van der Waals surface area (Å²) < 4.78 is 0. The van der Waals surface area contributed by atoms with Gasteiger partial charge in [0.1, 0.15) is 0 Å². The quantitative estimate of drug-likeness (QED) is 0.752. The van der Waals surface area contributed by atoms with E-state index in [4.69, 9.17) is 5.11 Å². The molecule has 0 atom stereocenters. The molecule has 0 bridgehead atoms. The van der Waals surface area contributed by atoms with Crippen molar-refractivity contribution in [2.75, 3.05) is 17.2 Å². The summed E-state index contributed by atoms with van der Waals surface area (Å²) in [7, 11) is 0. The first-order valence-corrected chi connectivity index (χ1v) is 6.11. The number of hydrogen-bond donors (Lipinski definition) is 3. The Kier molecular flexibility index (Phi) is 4.73. The molecule has 1 aromatic carbocycles. The molecule has 3 N–H and O–H groups in total. The number of rotatable bonds is 5. The molecule has 0 aliphatic heterocycles. The highest BCUT2D eigenvalue weighted by molar-refractivity contribution is 5.89. The van der Waals surface area contributed by atoms with Gasteiger partial charge in [-0.15, -0.1) is 0 Å². The maximum Gasteiger partial charge on any atom is 0.221 e. The Balaban J connectivity index is 2.81. The lowest BCUT2D eigenvalue weighted by Gasteiger charge is -2.27. The number of carbonyl (C=O) groups excluding carboxylic acids is 1. The second-order valence-electron chi connectivity index (χ2n) is 5.19. The van der Waals surface area contributed by atoms with E-state index in [1.165, 1.54) is 6.92 Å². The van der Waals surface area contributed by atoms with Crippen LogP contribution in [0.25, 0.3) is 0 Å². The highest BCUT2D eigenvalue weighted by Gasteiger charge is 2.16. The first-order chi connectivity index (χ1) is 8.34. The SMILES string of the molecule is CC(=O)Nc1ccc(NC(C)(C)CCO)cc1C. The van der Waals surface area contributed by atoms with Crippen LogP contribution in [0, 0.1) is 6.92 Å². The summed E-state index contributed by atoms with van der Waals surface area (Å²) in [6.45, 7) is 7.69. The monoisotopic (exact) mass is 250 g/mol. The van der Waals surface area contributed by atoms with E-state index >= 15 is 0 Å². The van der Waals surface area contributed by atoms with Crippen molar-refractivity contribution < 1.29 is 9.90 Å².